The Bertz CT molecular complexity index is 1400. The Hall–Kier alpha value is -3.26. The third kappa shape index (κ3) is 6.95. The number of anilines is 1. The van der Waals surface area contributed by atoms with Gasteiger partial charge in [0.1, 0.15) is 11.5 Å². The van der Waals surface area contributed by atoms with Gasteiger partial charge >= 0.3 is 6.18 Å². The molecule has 1 amide bonds. The predicted molar refractivity (Wildman–Crippen MR) is 146 cm³/mol. The van der Waals surface area contributed by atoms with Gasteiger partial charge in [0, 0.05) is 35.3 Å². The molecule has 0 saturated carbocycles. The van der Waals surface area contributed by atoms with E-state index in [-0.39, 0.29) is 41.0 Å². The fourth-order valence-electron chi connectivity index (χ4n) is 3.34. The molecular weight excluding hydrogens is 624 g/mol. The molecule has 37 heavy (non-hydrogen) atoms. The Morgan fingerprint density at radius 2 is 2.08 bits per heavy atom. The van der Waals surface area contributed by atoms with Crippen LogP contribution >= 0.6 is 34.2 Å². The van der Waals surface area contributed by atoms with E-state index in [0.717, 1.165) is 3.57 Å². The Kier molecular flexibility index (Phi) is 9.07. The summed E-state index contributed by atoms with van der Waals surface area (Å²) in [6.07, 6.45) is -2.55. The number of hydrogen-bond donors (Lipinski definition) is 2. The van der Waals surface area contributed by atoms with Gasteiger partial charge in [-0.2, -0.15) is 18.3 Å². The Morgan fingerprint density at radius 3 is 2.70 bits per heavy atom. The highest BCUT2D eigenvalue weighted by molar-refractivity contribution is 14.1. The number of aryl methyl sites for hydroxylation is 1. The molecule has 2 N–H and O–H groups in total. The fourth-order valence-corrected chi connectivity index (χ4v) is 4.32. The summed E-state index contributed by atoms with van der Waals surface area (Å²) in [5, 5.41) is 17.4. The smallest absolute Gasteiger partial charge is 0.434 e. The lowest BCUT2D eigenvalue weighted by molar-refractivity contribution is -0.0566. The first-order valence-electron chi connectivity index (χ1n) is 10.7. The minimum atomic E-state index is -4.65. The number of amides is 1. The summed E-state index contributed by atoms with van der Waals surface area (Å²) in [5.41, 5.74) is 0.560. The zero-order chi connectivity index (χ0) is 27.3. The van der Waals surface area contributed by atoms with Crippen LogP contribution < -0.4 is 5.32 Å². The van der Waals surface area contributed by atoms with Crippen molar-refractivity contribution in [3.05, 3.63) is 74.2 Å². The summed E-state index contributed by atoms with van der Waals surface area (Å²) in [4.78, 5) is 24.6. The van der Waals surface area contributed by atoms with Crippen LogP contribution in [0.5, 0.6) is 0 Å². The molecule has 0 atom stereocenters. The number of alkyl halides is 3. The maximum atomic E-state index is 13.4. The van der Waals surface area contributed by atoms with Crippen molar-refractivity contribution in [2.75, 3.05) is 18.9 Å². The van der Waals surface area contributed by atoms with Crippen LogP contribution in [0.1, 0.15) is 27.3 Å². The molecule has 0 saturated heterocycles. The molecule has 8 nitrogen and oxygen atoms in total. The van der Waals surface area contributed by atoms with E-state index in [1.807, 2.05) is 6.07 Å². The molecule has 2 heterocycles. The zero-order valence-corrected chi connectivity index (χ0v) is 22.6. The van der Waals surface area contributed by atoms with Gasteiger partial charge in [0.25, 0.3) is 5.91 Å². The van der Waals surface area contributed by atoms with E-state index in [2.05, 4.69) is 54.6 Å². The maximum absolute atomic E-state index is 13.4. The highest BCUT2D eigenvalue weighted by atomic mass is 127. The molecule has 3 rings (SSSR count). The Balaban J connectivity index is 2.00. The van der Waals surface area contributed by atoms with Crippen LogP contribution in [0.4, 0.5) is 18.9 Å². The third-order valence-electron chi connectivity index (χ3n) is 4.97. The van der Waals surface area contributed by atoms with Crippen LogP contribution in [-0.4, -0.2) is 57.5 Å². The minimum Gasteiger partial charge on any atom is -0.508 e. The fraction of sp³-hybridized carbons (Fsp3) is 0.208. The summed E-state index contributed by atoms with van der Waals surface area (Å²) in [6.45, 7) is 5.07. The summed E-state index contributed by atoms with van der Waals surface area (Å²) < 4.78 is 41.3. The second-order valence-corrected chi connectivity index (χ2v) is 9.34. The van der Waals surface area contributed by atoms with Gasteiger partial charge in [-0.15, -0.1) is 0 Å². The average Bonchev–Trinajstić information content (AvgIpc) is 3.23. The van der Waals surface area contributed by atoms with Gasteiger partial charge in [-0.05, 0) is 65.4 Å². The summed E-state index contributed by atoms with van der Waals surface area (Å²) >= 11 is 8.37. The molecule has 3 aromatic rings. The molecule has 0 unspecified atom stereocenters. The van der Waals surface area contributed by atoms with Gasteiger partial charge in [-0.25, -0.2) is 9.67 Å². The predicted octanol–water partition coefficient (Wildman–Crippen LogP) is 5.86. The minimum absolute atomic E-state index is 0.00385. The number of aliphatic hydroxyl groups excluding tert-OH is 1. The number of nitrogens with zero attached hydrogens (tertiary/aromatic N) is 5. The summed E-state index contributed by atoms with van der Waals surface area (Å²) in [5.74, 6) is -0.679. The number of rotatable bonds is 8. The van der Waals surface area contributed by atoms with Crippen molar-refractivity contribution in [2.24, 2.45) is 9.98 Å². The largest absolute Gasteiger partial charge is 0.508 e. The zero-order valence-electron chi connectivity index (χ0n) is 19.6. The second kappa shape index (κ2) is 11.9. The van der Waals surface area contributed by atoms with E-state index < -0.39 is 17.8 Å². The summed E-state index contributed by atoms with van der Waals surface area (Å²) in [7, 11) is 1.22. The molecule has 194 valence electrons. The molecule has 2 aromatic heterocycles. The molecule has 0 fully saturated rings. The van der Waals surface area contributed by atoms with E-state index in [9.17, 15) is 23.1 Å². The van der Waals surface area contributed by atoms with Crippen molar-refractivity contribution in [3.63, 3.8) is 0 Å². The highest BCUT2D eigenvalue weighted by Crippen LogP contribution is 2.29. The Labute approximate surface area is 229 Å². The van der Waals surface area contributed by atoms with Crippen LogP contribution in [0.25, 0.3) is 11.6 Å². The van der Waals surface area contributed by atoms with Gasteiger partial charge < -0.3 is 10.4 Å². The number of nitrogens with one attached hydrogen (secondary N) is 1. The number of aromatic nitrogens is 3. The first kappa shape index (κ1) is 28.3. The molecule has 1 aromatic carbocycles. The molecule has 0 bridgehead atoms. The first-order valence-corrected chi connectivity index (χ1v) is 12.1. The van der Waals surface area contributed by atoms with Crippen LogP contribution in [0.3, 0.4) is 0 Å². The molecule has 0 aliphatic rings. The normalized spacial score (nSPS) is 12.2. The van der Waals surface area contributed by atoms with Crippen LogP contribution in [-0.2, 0) is 6.42 Å². The van der Waals surface area contributed by atoms with E-state index >= 15 is 0 Å². The number of pyridine rings is 1. The topological polar surface area (TPSA) is 105 Å². The average molecular weight is 645 g/mol. The number of halogens is 5. The molecular formula is C24H21ClF3IN6O2. The van der Waals surface area contributed by atoms with Crippen molar-refractivity contribution < 1.29 is 23.1 Å². The third-order valence-corrected chi connectivity index (χ3v) is 5.89. The van der Waals surface area contributed by atoms with Gasteiger partial charge in [0.15, 0.2) is 11.5 Å². The monoisotopic (exact) mass is 644 g/mol. The highest BCUT2D eigenvalue weighted by Gasteiger charge is 2.34. The van der Waals surface area contributed by atoms with Crippen LogP contribution in [0.15, 0.2) is 53.1 Å². The van der Waals surface area contributed by atoms with Gasteiger partial charge in [0.2, 0.25) is 0 Å². The van der Waals surface area contributed by atoms with Crippen LogP contribution in [0, 0.1) is 10.5 Å². The van der Waals surface area contributed by atoms with Gasteiger partial charge in [-0.3, -0.25) is 14.8 Å². The molecule has 0 spiro atoms. The molecule has 0 aliphatic carbocycles. The van der Waals surface area contributed by atoms with Crippen LogP contribution in [0.2, 0.25) is 5.02 Å². The van der Waals surface area contributed by atoms with E-state index in [1.54, 1.807) is 25.1 Å². The number of aliphatic imine (C=N–C) groups is 2. The number of benzene rings is 1. The van der Waals surface area contributed by atoms with Crippen molar-refractivity contribution in [1.29, 1.82) is 0 Å². The molecule has 13 heteroatoms. The second-order valence-electron chi connectivity index (χ2n) is 7.69. The molecule has 0 radical (unpaired) electrons. The van der Waals surface area contributed by atoms with E-state index in [4.69, 9.17) is 11.6 Å². The quantitative estimate of drug-likeness (QED) is 0.182. The first-order chi connectivity index (χ1) is 17.4. The molecule has 0 aliphatic heterocycles. The lowest BCUT2D eigenvalue weighted by Crippen LogP contribution is -2.24. The number of aliphatic hydroxyl groups is 1. The Morgan fingerprint density at radius 1 is 1.35 bits per heavy atom. The van der Waals surface area contributed by atoms with Crippen molar-refractivity contribution in [2.45, 2.75) is 19.5 Å². The maximum Gasteiger partial charge on any atom is 0.434 e. The van der Waals surface area contributed by atoms with Crippen molar-refractivity contribution in [1.82, 2.24) is 14.8 Å². The van der Waals surface area contributed by atoms with E-state index in [1.165, 1.54) is 24.0 Å². The van der Waals surface area contributed by atoms with E-state index in [0.29, 0.717) is 23.0 Å². The number of carbonyl (C=O) groups is 1. The lowest BCUT2D eigenvalue weighted by atomic mass is 10.1. The summed E-state index contributed by atoms with van der Waals surface area (Å²) in [6, 6.07) is 8.07. The van der Waals surface area contributed by atoms with Crippen molar-refractivity contribution in [3.8, 4) is 5.82 Å². The number of hydrogen-bond acceptors (Lipinski definition) is 6. The number of carbonyl (C=O) groups excluding carboxylic acids is 1. The lowest BCUT2D eigenvalue weighted by Gasteiger charge is -2.15. The van der Waals surface area contributed by atoms with Crippen molar-refractivity contribution >= 4 is 63.5 Å². The van der Waals surface area contributed by atoms with Gasteiger partial charge in [-0.1, -0.05) is 18.2 Å². The SMILES string of the molecule is C=C(O)c1cc(I)cc(C)c1NC(=O)c1cc(CCN=C(C=NC)C(F)(F)F)nn1-c1ncccc1Cl. The standard InChI is InChI=1S/C24H21ClF3IN6O2/c1-13-9-15(29)10-17(14(2)36)21(13)33-23(37)19-11-16(6-8-31-20(12-30-3)24(26,27)28)34-35(19)22-18(25)5-4-7-32-22/h4-5,7,9-12,36H,2,6,8H2,1,3H3,(H,33,37). The van der Waals surface area contributed by atoms with Gasteiger partial charge in [0.05, 0.1) is 22.6 Å².